The summed E-state index contributed by atoms with van der Waals surface area (Å²) in [4.78, 5) is 10.5. The van der Waals surface area contributed by atoms with E-state index >= 15 is 0 Å². The molecule has 4 heteroatoms. The molecule has 0 saturated heterocycles. The van der Waals surface area contributed by atoms with Crippen molar-refractivity contribution in [1.82, 2.24) is 0 Å². The van der Waals surface area contributed by atoms with Crippen LogP contribution in [0.15, 0.2) is 24.3 Å². The van der Waals surface area contributed by atoms with E-state index in [0.717, 1.165) is 17.9 Å². The first-order chi connectivity index (χ1) is 7.72. The van der Waals surface area contributed by atoms with Gasteiger partial charge in [-0.1, -0.05) is 12.1 Å². The largest absolute Gasteiger partial charge is 0.370 e. The normalized spacial score (nSPS) is 9.69. The van der Waals surface area contributed by atoms with Crippen LogP contribution in [-0.4, -0.2) is 11.7 Å². The van der Waals surface area contributed by atoms with Crippen LogP contribution in [0.5, 0.6) is 0 Å². The van der Waals surface area contributed by atoms with Gasteiger partial charge in [-0.2, -0.15) is 17.0 Å². The van der Waals surface area contributed by atoms with Crippen molar-refractivity contribution in [3.63, 3.8) is 0 Å². The molecule has 0 unspecified atom stereocenters. The molecule has 0 fully saturated rings. The third-order valence-electron chi connectivity index (χ3n) is 2.06. The van der Waals surface area contributed by atoms with E-state index in [4.69, 9.17) is 11.0 Å². The second-order valence-electron chi connectivity index (χ2n) is 3.43. The maximum Gasteiger partial charge on any atom is 0.217 e. The van der Waals surface area contributed by atoms with E-state index in [1.165, 1.54) is 5.56 Å². The van der Waals surface area contributed by atoms with Gasteiger partial charge in [0.15, 0.2) is 0 Å². The number of hydrogen-bond donors (Lipinski definition) is 1. The average molecular weight is 234 g/mol. The highest BCUT2D eigenvalue weighted by atomic mass is 32.2. The van der Waals surface area contributed by atoms with Gasteiger partial charge in [-0.3, -0.25) is 4.79 Å². The number of amides is 1. The van der Waals surface area contributed by atoms with Crippen LogP contribution in [0, 0.1) is 11.3 Å². The van der Waals surface area contributed by atoms with Crippen LogP contribution in [0.3, 0.4) is 0 Å². The number of nitrogens with zero attached hydrogens (tertiary/aromatic N) is 1. The molecule has 2 N–H and O–H groups in total. The number of carbonyl (C=O) groups is 1. The molecule has 0 aliphatic carbocycles. The molecular weight excluding hydrogens is 220 g/mol. The maximum atomic E-state index is 10.5. The lowest BCUT2D eigenvalue weighted by Crippen LogP contribution is -2.09. The molecule has 1 aromatic carbocycles. The number of nitriles is 1. The van der Waals surface area contributed by atoms with Gasteiger partial charge < -0.3 is 5.73 Å². The summed E-state index contributed by atoms with van der Waals surface area (Å²) in [5, 5.41) is 8.63. The second-order valence-corrected chi connectivity index (χ2v) is 4.54. The van der Waals surface area contributed by atoms with Gasteiger partial charge in [0, 0.05) is 12.2 Å². The standard InChI is InChI=1S/C12H14N2OS/c13-8-10-3-5-11(6-4-10)9-16-7-1-2-12(14)15/h3-6H,1-2,7,9H2,(H2,14,15). The van der Waals surface area contributed by atoms with Crippen molar-refractivity contribution in [2.45, 2.75) is 18.6 Å². The first-order valence-corrected chi connectivity index (χ1v) is 6.23. The number of benzene rings is 1. The summed E-state index contributed by atoms with van der Waals surface area (Å²) in [6, 6.07) is 9.64. The van der Waals surface area contributed by atoms with Gasteiger partial charge in [0.05, 0.1) is 11.6 Å². The Kier molecular flexibility index (Phi) is 5.44. The Morgan fingerprint density at radius 3 is 2.62 bits per heavy atom. The molecule has 0 aliphatic heterocycles. The SMILES string of the molecule is N#Cc1ccc(CSCCCC(N)=O)cc1. The molecule has 1 amide bonds. The maximum absolute atomic E-state index is 10.5. The minimum absolute atomic E-state index is 0.237. The van der Waals surface area contributed by atoms with Crippen LogP contribution in [0.25, 0.3) is 0 Å². The molecule has 0 heterocycles. The van der Waals surface area contributed by atoms with Gasteiger partial charge in [-0.15, -0.1) is 0 Å². The molecule has 0 bridgehead atoms. The third-order valence-corrected chi connectivity index (χ3v) is 3.18. The van der Waals surface area contributed by atoms with Gasteiger partial charge in [-0.25, -0.2) is 0 Å². The highest BCUT2D eigenvalue weighted by molar-refractivity contribution is 7.98. The molecule has 1 rings (SSSR count). The molecule has 0 spiro atoms. The molecule has 3 nitrogen and oxygen atoms in total. The van der Waals surface area contributed by atoms with Crippen molar-refractivity contribution >= 4 is 17.7 Å². The first kappa shape index (κ1) is 12.6. The van der Waals surface area contributed by atoms with Crippen molar-refractivity contribution in [2.75, 3.05) is 5.75 Å². The van der Waals surface area contributed by atoms with Gasteiger partial charge in [-0.05, 0) is 29.9 Å². The Bertz CT molecular complexity index is 381. The van der Waals surface area contributed by atoms with E-state index in [0.29, 0.717) is 12.0 Å². The number of primary amides is 1. The average Bonchev–Trinajstić information content (AvgIpc) is 2.29. The number of carbonyl (C=O) groups excluding carboxylic acids is 1. The number of thioether (sulfide) groups is 1. The smallest absolute Gasteiger partial charge is 0.217 e. The van der Waals surface area contributed by atoms with Crippen molar-refractivity contribution in [1.29, 1.82) is 5.26 Å². The monoisotopic (exact) mass is 234 g/mol. The molecule has 0 aliphatic rings. The van der Waals surface area contributed by atoms with Crippen LogP contribution in [0.1, 0.15) is 24.0 Å². The Morgan fingerprint density at radius 1 is 1.38 bits per heavy atom. The fourth-order valence-corrected chi connectivity index (χ4v) is 2.13. The third kappa shape index (κ3) is 4.85. The fraction of sp³-hybridized carbons (Fsp3) is 0.333. The molecule has 0 saturated carbocycles. The summed E-state index contributed by atoms with van der Waals surface area (Å²) in [7, 11) is 0. The molecular formula is C12H14N2OS. The minimum Gasteiger partial charge on any atom is -0.370 e. The molecule has 0 radical (unpaired) electrons. The van der Waals surface area contributed by atoms with Crippen LogP contribution in [-0.2, 0) is 10.5 Å². The number of rotatable bonds is 6. The van der Waals surface area contributed by atoms with Gasteiger partial charge in [0.1, 0.15) is 0 Å². The van der Waals surface area contributed by atoms with Gasteiger partial charge in [0.25, 0.3) is 0 Å². The highest BCUT2D eigenvalue weighted by Crippen LogP contribution is 2.14. The van der Waals surface area contributed by atoms with Gasteiger partial charge in [0.2, 0.25) is 5.91 Å². The summed E-state index contributed by atoms with van der Waals surface area (Å²) < 4.78 is 0. The quantitative estimate of drug-likeness (QED) is 0.766. The van der Waals surface area contributed by atoms with Crippen LogP contribution >= 0.6 is 11.8 Å². The Hall–Kier alpha value is -1.47. The van der Waals surface area contributed by atoms with Crippen molar-refractivity contribution < 1.29 is 4.79 Å². The zero-order valence-corrected chi connectivity index (χ0v) is 9.80. The van der Waals surface area contributed by atoms with E-state index in [9.17, 15) is 4.79 Å². The summed E-state index contributed by atoms with van der Waals surface area (Å²) >= 11 is 1.77. The van der Waals surface area contributed by atoms with Crippen molar-refractivity contribution in [3.8, 4) is 6.07 Å². The number of nitrogens with two attached hydrogens (primary N) is 1. The number of hydrogen-bond acceptors (Lipinski definition) is 3. The minimum atomic E-state index is -0.237. The van der Waals surface area contributed by atoms with Crippen molar-refractivity contribution in [2.24, 2.45) is 5.73 Å². The Labute approximate surface area is 99.6 Å². The van der Waals surface area contributed by atoms with E-state index in [2.05, 4.69) is 6.07 Å². The van der Waals surface area contributed by atoms with E-state index in [1.54, 1.807) is 11.8 Å². The van der Waals surface area contributed by atoms with Crippen LogP contribution < -0.4 is 5.73 Å². The van der Waals surface area contributed by atoms with E-state index < -0.39 is 0 Å². The first-order valence-electron chi connectivity index (χ1n) is 5.07. The highest BCUT2D eigenvalue weighted by Gasteiger charge is 1.97. The summed E-state index contributed by atoms with van der Waals surface area (Å²) in [5.41, 5.74) is 6.92. The molecule has 0 atom stereocenters. The predicted molar refractivity (Wildman–Crippen MR) is 65.7 cm³/mol. The summed E-state index contributed by atoms with van der Waals surface area (Å²) in [5.74, 6) is 1.60. The predicted octanol–water partition coefficient (Wildman–Crippen LogP) is 2.06. The molecule has 0 aromatic heterocycles. The summed E-state index contributed by atoms with van der Waals surface area (Å²) in [6.45, 7) is 0. The lowest BCUT2D eigenvalue weighted by Gasteiger charge is -2.01. The zero-order valence-electron chi connectivity index (χ0n) is 8.98. The Balaban J connectivity index is 2.22. The van der Waals surface area contributed by atoms with E-state index in [-0.39, 0.29) is 5.91 Å². The zero-order chi connectivity index (χ0) is 11.8. The van der Waals surface area contributed by atoms with Crippen molar-refractivity contribution in [3.05, 3.63) is 35.4 Å². The van der Waals surface area contributed by atoms with Crippen LogP contribution in [0.4, 0.5) is 0 Å². The molecule has 84 valence electrons. The lowest BCUT2D eigenvalue weighted by molar-refractivity contribution is -0.118. The molecule has 1 aromatic rings. The lowest BCUT2D eigenvalue weighted by atomic mass is 10.2. The summed E-state index contributed by atoms with van der Waals surface area (Å²) in [6.07, 6.45) is 1.29. The Morgan fingerprint density at radius 2 is 2.06 bits per heavy atom. The molecule has 16 heavy (non-hydrogen) atoms. The van der Waals surface area contributed by atoms with E-state index in [1.807, 2.05) is 24.3 Å². The topological polar surface area (TPSA) is 66.9 Å². The van der Waals surface area contributed by atoms with Crippen LogP contribution in [0.2, 0.25) is 0 Å². The second kappa shape index (κ2) is 6.91. The fourth-order valence-electron chi connectivity index (χ4n) is 1.21. The van der Waals surface area contributed by atoms with Gasteiger partial charge >= 0.3 is 0 Å².